The molecule has 2 nitrogen and oxygen atoms in total. The average molecular weight is 313 g/mol. The monoisotopic (exact) mass is 312 g/mol. The fourth-order valence-electron chi connectivity index (χ4n) is 1.57. The molecule has 1 N–H and O–H groups in total. The van der Waals surface area contributed by atoms with Crippen molar-refractivity contribution in [2.75, 3.05) is 11.9 Å². The third-order valence-electron chi connectivity index (χ3n) is 2.46. The summed E-state index contributed by atoms with van der Waals surface area (Å²) in [5.41, 5.74) is 1.24. The van der Waals surface area contributed by atoms with Gasteiger partial charge in [-0.25, -0.2) is 4.98 Å². The molecule has 0 bridgehead atoms. The van der Waals surface area contributed by atoms with Crippen molar-refractivity contribution in [3.05, 3.63) is 52.0 Å². The molecule has 0 radical (unpaired) electrons. The molecule has 19 heavy (non-hydrogen) atoms. The van der Waals surface area contributed by atoms with E-state index in [1.807, 2.05) is 25.1 Å². The van der Waals surface area contributed by atoms with Crippen molar-refractivity contribution in [3.63, 3.8) is 0 Å². The molecule has 2 rings (SSSR count). The molecule has 0 saturated carbocycles. The van der Waals surface area contributed by atoms with Crippen molar-refractivity contribution in [1.29, 1.82) is 0 Å². The Morgan fingerprint density at radius 3 is 2.58 bits per heavy atom. The highest BCUT2D eigenvalue weighted by Crippen LogP contribution is 2.33. The molecule has 0 spiro atoms. The van der Waals surface area contributed by atoms with Crippen LogP contribution in [0.5, 0.6) is 0 Å². The van der Waals surface area contributed by atoms with E-state index in [-0.39, 0.29) is 0 Å². The van der Waals surface area contributed by atoms with E-state index < -0.39 is 0 Å². The first-order chi connectivity index (χ1) is 9.20. The Morgan fingerprint density at radius 1 is 1.16 bits per heavy atom. The molecule has 0 saturated heterocycles. The number of rotatable bonds is 5. The van der Waals surface area contributed by atoms with Crippen LogP contribution in [0.3, 0.4) is 0 Å². The number of pyridine rings is 1. The molecule has 0 atom stereocenters. The van der Waals surface area contributed by atoms with Crippen LogP contribution in [-0.2, 0) is 5.75 Å². The van der Waals surface area contributed by atoms with Crippen LogP contribution in [0.25, 0.3) is 0 Å². The van der Waals surface area contributed by atoms with Crippen molar-refractivity contribution in [2.24, 2.45) is 0 Å². The van der Waals surface area contributed by atoms with Gasteiger partial charge in [-0.1, -0.05) is 53.5 Å². The lowest BCUT2D eigenvalue weighted by Gasteiger charge is -2.09. The molecule has 1 heterocycles. The van der Waals surface area contributed by atoms with E-state index in [9.17, 15) is 0 Å². The van der Waals surface area contributed by atoms with E-state index in [2.05, 4.69) is 22.4 Å². The maximum atomic E-state index is 6.17. The summed E-state index contributed by atoms with van der Waals surface area (Å²) in [6.45, 7) is 2.78. The second-order valence-corrected chi connectivity index (χ2v) is 5.69. The van der Waals surface area contributed by atoms with Gasteiger partial charge in [-0.2, -0.15) is 0 Å². The number of hydrogen-bond acceptors (Lipinski definition) is 3. The molecule has 5 heteroatoms. The van der Waals surface area contributed by atoms with Gasteiger partial charge in [-0.3, -0.25) is 0 Å². The molecule has 0 aliphatic heterocycles. The summed E-state index contributed by atoms with van der Waals surface area (Å²) in [5.74, 6) is 1.52. The topological polar surface area (TPSA) is 24.9 Å². The lowest BCUT2D eigenvalue weighted by molar-refractivity contribution is 1.08. The maximum absolute atomic E-state index is 6.17. The first kappa shape index (κ1) is 14.5. The molecule has 0 amide bonds. The number of nitrogens with zero attached hydrogens (tertiary/aromatic N) is 1. The average Bonchev–Trinajstić information content (AvgIpc) is 2.42. The van der Waals surface area contributed by atoms with Crippen molar-refractivity contribution in [3.8, 4) is 0 Å². The Hall–Kier alpha value is -0.900. The third kappa shape index (κ3) is 4.03. The van der Waals surface area contributed by atoms with Gasteiger partial charge in [0.2, 0.25) is 0 Å². The fourth-order valence-corrected chi connectivity index (χ4v) is 3.01. The Bertz CT molecular complexity index is 547. The van der Waals surface area contributed by atoms with Crippen LogP contribution >= 0.6 is 35.0 Å². The predicted molar refractivity (Wildman–Crippen MR) is 84.4 cm³/mol. The third-order valence-corrected chi connectivity index (χ3v) is 4.21. The minimum absolute atomic E-state index is 0.552. The number of halogens is 2. The second-order valence-electron chi connectivity index (χ2n) is 3.91. The number of anilines is 1. The van der Waals surface area contributed by atoms with Crippen LogP contribution in [0.15, 0.2) is 41.4 Å². The van der Waals surface area contributed by atoms with Gasteiger partial charge in [0.25, 0.3) is 0 Å². The van der Waals surface area contributed by atoms with Crippen LogP contribution in [0.1, 0.15) is 12.5 Å². The Labute approximate surface area is 127 Å². The number of benzene rings is 1. The van der Waals surface area contributed by atoms with Crippen LogP contribution in [0.4, 0.5) is 5.82 Å². The normalized spacial score (nSPS) is 10.5. The van der Waals surface area contributed by atoms with Gasteiger partial charge in [0.05, 0.1) is 10.0 Å². The molecule has 1 aromatic heterocycles. The molecule has 0 fully saturated rings. The molecular weight excluding hydrogens is 299 g/mol. The number of nitrogens with one attached hydrogen (secondary N) is 1. The minimum atomic E-state index is 0.552. The Morgan fingerprint density at radius 2 is 1.89 bits per heavy atom. The molecule has 1 aromatic carbocycles. The van der Waals surface area contributed by atoms with Gasteiger partial charge >= 0.3 is 0 Å². The van der Waals surface area contributed by atoms with Crippen LogP contribution in [0, 0.1) is 0 Å². The van der Waals surface area contributed by atoms with E-state index >= 15 is 0 Å². The van der Waals surface area contributed by atoms with Crippen LogP contribution < -0.4 is 5.32 Å². The van der Waals surface area contributed by atoms with Gasteiger partial charge in [0, 0.05) is 12.3 Å². The zero-order chi connectivity index (χ0) is 13.7. The van der Waals surface area contributed by atoms with Gasteiger partial charge in [-0.15, -0.1) is 11.8 Å². The quantitative estimate of drug-likeness (QED) is 0.776. The van der Waals surface area contributed by atoms with Crippen LogP contribution in [-0.4, -0.2) is 11.5 Å². The number of hydrogen-bond donors (Lipinski definition) is 1. The van der Waals surface area contributed by atoms with Crippen molar-refractivity contribution < 1.29 is 0 Å². The van der Waals surface area contributed by atoms with Crippen LogP contribution in [0.2, 0.25) is 10.0 Å². The summed E-state index contributed by atoms with van der Waals surface area (Å²) in [6.07, 6.45) is 0. The van der Waals surface area contributed by atoms with Gasteiger partial charge in [-0.05, 0) is 18.6 Å². The van der Waals surface area contributed by atoms with E-state index in [4.69, 9.17) is 23.2 Å². The minimum Gasteiger partial charge on any atom is -0.369 e. The molecule has 0 aliphatic rings. The highest BCUT2D eigenvalue weighted by molar-refractivity contribution is 7.98. The zero-order valence-electron chi connectivity index (χ0n) is 10.5. The van der Waals surface area contributed by atoms with E-state index in [1.54, 1.807) is 17.8 Å². The second kappa shape index (κ2) is 7.04. The smallest absolute Gasteiger partial charge is 0.146 e. The summed E-state index contributed by atoms with van der Waals surface area (Å²) in [6, 6.07) is 12.0. The van der Waals surface area contributed by atoms with E-state index in [0.717, 1.165) is 17.3 Å². The summed E-state index contributed by atoms with van der Waals surface area (Å²) >= 11 is 13.9. The largest absolute Gasteiger partial charge is 0.369 e. The fraction of sp³-hybridized carbons (Fsp3) is 0.214. The highest BCUT2D eigenvalue weighted by atomic mass is 35.5. The highest BCUT2D eigenvalue weighted by Gasteiger charge is 2.09. The molecule has 2 aromatic rings. The van der Waals surface area contributed by atoms with Crippen molar-refractivity contribution in [2.45, 2.75) is 17.7 Å². The number of thioether (sulfide) groups is 1. The molecule has 0 aliphatic carbocycles. The summed E-state index contributed by atoms with van der Waals surface area (Å²) in [5, 5.41) is 5.07. The predicted octanol–water partition coefficient (Wildman–Crippen LogP) is 5.11. The summed E-state index contributed by atoms with van der Waals surface area (Å²) < 4.78 is 0. The van der Waals surface area contributed by atoms with Gasteiger partial charge in [0.1, 0.15) is 10.8 Å². The lowest BCUT2D eigenvalue weighted by atomic mass is 10.2. The Kier molecular flexibility index (Phi) is 5.37. The molecule has 0 unspecified atom stereocenters. The first-order valence-electron chi connectivity index (χ1n) is 5.97. The SMILES string of the molecule is CCNc1nc(SCc2ccccc2)c(Cl)cc1Cl. The lowest BCUT2D eigenvalue weighted by Crippen LogP contribution is -2.01. The van der Waals surface area contributed by atoms with E-state index in [1.165, 1.54) is 5.56 Å². The van der Waals surface area contributed by atoms with Crippen molar-refractivity contribution in [1.82, 2.24) is 4.98 Å². The molecular formula is C14H14Cl2N2S. The Balaban J connectivity index is 2.13. The molecule has 100 valence electrons. The first-order valence-corrected chi connectivity index (χ1v) is 7.71. The van der Waals surface area contributed by atoms with Gasteiger partial charge in [0.15, 0.2) is 0 Å². The maximum Gasteiger partial charge on any atom is 0.146 e. The van der Waals surface area contributed by atoms with Crippen molar-refractivity contribution >= 4 is 40.8 Å². The standard InChI is InChI=1S/C14H14Cl2N2S/c1-2-17-13-11(15)8-12(16)14(18-13)19-9-10-6-4-3-5-7-10/h3-8H,2,9H2,1H3,(H,17,18). The van der Waals surface area contributed by atoms with Gasteiger partial charge < -0.3 is 5.32 Å². The summed E-state index contributed by atoms with van der Waals surface area (Å²) in [7, 11) is 0. The zero-order valence-corrected chi connectivity index (χ0v) is 12.8. The van der Waals surface area contributed by atoms with E-state index in [0.29, 0.717) is 15.9 Å². The number of aromatic nitrogens is 1. The summed E-state index contributed by atoms with van der Waals surface area (Å²) in [4.78, 5) is 4.46.